The summed E-state index contributed by atoms with van der Waals surface area (Å²) in [4.78, 5) is 17.7. The van der Waals surface area contributed by atoms with Gasteiger partial charge in [-0.1, -0.05) is 36.0 Å². The molecule has 0 spiro atoms. The maximum absolute atomic E-state index is 13.0. The Morgan fingerprint density at radius 1 is 1.26 bits per heavy atom. The molecule has 0 aliphatic carbocycles. The van der Waals surface area contributed by atoms with Gasteiger partial charge in [-0.15, -0.1) is 6.58 Å². The van der Waals surface area contributed by atoms with Gasteiger partial charge in [0.2, 0.25) is 0 Å². The Balaban J connectivity index is 2.31. The zero-order valence-electron chi connectivity index (χ0n) is 12.7. The molecular weight excluding hydrogens is 308 g/mol. The number of hydrogen-bond donors (Lipinski definition) is 0. The second-order valence-corrected chi connectivity index (χ2v) is 5.84. The molecule has 0 unspecified atom stereocenters. The number of rotatable bonds is 5. The van der Waals surface area contributed by atoms with Gasteiger partial charge in [0, 0.05) is 5.75 Å². The highest BCUT2D eigenvalue weighted by Crippen LogP contribution is 2.23. The molecule has 4 nitrogen and oxygen atoms in total. The summed E-state index contributed by atoms with van der Waals surface area (Å²) in [5.41, 5.74) is 1.35. The van der Waals surface area contributed by atoms with Crippen molar-refractivity contribution in [2.24, 2.45) is 0 Å². The summed E-state index contributed by atoms with van der Waals surface area (Å²) in [7, 11) is 1.58. The van der Waals surface area contributed by atoms with E-state index in [1.54, 1.807) is 23.8 Å². The molecule has 116 valence electrons. The van der Waals surface area contributed by atoms with Crippen LogP contribution in [0.5, 0.6) is 5.75 Å². The lowest BCUT2D eigenvalue weighted by molar-refractivity contribution is 0.415. The molecule has 5 heteroatoms. The summed E-state index contributed by atoms with van der Waals surface area (Å²) in [6, 6.07) is 14.9. The normalized spacial score (nSPS) is 10.7. The van der Waals surface area contributed by atoms with Gasteiger partial charge in [0.1, 0.15) is 5.75 Å². The molecular formula is C18H16N2O2S. The van der Waals surface area contributed by atoms with E-state index in [1.807, 2.05) is 42.5 Å². The van der Waals surface area contributed by atoms with Gasteiger partial charge in [0.05, 0.1) is 23.7 Å². The van der Waals surface area contributed by atoms with E-state index >= 15 is 0 Å². The number of thioether (sulfide) groups is 1. The number of aromatic nitrogens is 2. The van der Waals surface area contributed by atoms with Crippen molar-refractivity contribution in [1.29, 1.82) is 0 Å². The van der Waals surface area contributed by atoms with Crippen LogP contribution in [0.1, 0.15) is 0 Å². The number of para-hydroxylation sites is 1. The third-order valence-corrected chi connectivity index (χ3v) is 4.32. The molecule has 0 bridgehead atoms. The predicted octanol–water partition coefficient (Wildman–Crippen LogP) is 3.67. The van der Waals surface area contributed by atoms with E-state index in [0.717, 1.165) is 5.69 Å². The molecule has 0 radical (unpaired) electrons. The van der Waals surface area contributed by atoms with Crippen LogP contribution in [-0.2, 0) is 0 Å². The van der Waals surface area contributed by atoms with Crippen LogP contribution in [0.15, 0.2) is 71.1 Å². The molecule has 2 aromatic carbocycles. The average Bonchev–Trinajstić information content (AvgIpc) is 2.60. The lowest BCUT2D eigenvalue weighted by Gasteiger charge is -2.13. The lowest BCUT2D eigenvalue weighted by atomic mass is 10.2. The number of hydrogen-bond acceptors (Lipinski definition) is 4. The van der Waals surface area contributed by atoms with Crippen molar-refractivity contribution >= 4 is 22.7 Å². The number of fused-ring (bicyclic) bond motifs is 1. The first-order valence-corrected chi connectivity index (χ1v) is 8.13. The molecule has 0 N–H and O–H groups in total. The van der Waals surface area contributed by atoms with Crippen molar-refractivity contribution in [2.75, 3.05) is 12.9 Å². The highest BCUT2D eigenvalue weighted by molar-refractivity contribution is 7.99. The van der Waals surface area contributed by atoms with Gasteiger partial charge >= 0.3 is 0 Å². The molecule has 0 fully saturated rings. The molecule has 0 saturated heterocycles. The van der Waals surface area contributed by atoms with E-state index in [-0.39, 0.29) is 5.56 Å². The van der Waals surface area contributed by atoms with Crippen LogP contribution in [0.4, 0.5) is 0 Å². The van der Waals surface area contributed by atoms with Gasteiger partial charge in [-0.2, -0.15) is 0 Å². The standard InChI is InChI=1S/C18H16N2O2S/c1-3-11-23-18-19-16-10-9-14(22-2)12-15(16)17(21)20(18)13-7-5-4-6-8-13/h3-10,12H,1,11H2,2H3. The smallest absolute Gasteiger partial charge is 0.266 e. The summed E-state index contributed by atoms with van der Waals surface area (Å²) in [6.45, 7) is 3.73. The lowest BCUT2D eigenvalue weighted by Crippen LogP contribution is -2.21. The van der Waals surface area contributed by atoms with E-state index in [0.29, 0.717) is 27.6 Å². The fourth-order valence-electron chi connectivity index (χ4n) is 2.31. The zero-order valence-corrected chi connectivity index (χ0v) is 13.5. The maximum atomic E-state index is 13.0. The van der Waals surface area contributed by atoms with Crippen molar-refractivity contribution in [3.63, 3.8) is 0 Å². The van der Waals surface area contributed by atoms with Gasteiger partial charge in [-0.05, 0) is 30.3 Å². The van der Waals surface area contributed by atoms with Crippen molar-refractivity contribution in [2.45, 2.75) is 5.16 Å². The second-order valence-electron chi connectivity index (χ2n) is 4.85. The van der Waals surface area contributed by atoms with Crippen LogP contribution in [0, 0.1) is 0 Å². The minimum Gasteiger partial charge on any atom is -0.497 e. The monoisotopic (exact) mass is 324 g/mol. The summed E-state index contributed by atoms with van der Waals surface area (Å²) in [6.07, 6.45) is 1.80. The number of benzene rings is 2. The van der Waals surface area contributed by atoms with Gasteiger partial charge in [0.25, 0.3) is 5.56 Å². The highest BCUT2D eigenvalue weighted by Gasteiger charge is 2.13. The van der Waals surface area contributed by atoms with E-state index in [1.165, 1.54) is 11.8 Å². The van der Waals surface area contributed by atoms with E-state index in [9.17, 15) is 4.79 Å². The first kappa shape index (κ1) is 15.4. The minimum absolute atomic E-state index is 0.105. The fourth-order valence-corrected chi connectivity index (χ4v) is 3.05. The van der Waals surface area contributed by atoms with Crippen LogP contribution in [0.2, 0.25) is 0 Å². The van der Waals surface area contributed by atoms with Crippen molar-refractivity contribution < 1.29 is 4.74 Å². The van der Waals surface area contributed by atoms with Gasteiger partial charge in [-0.3, -0.25) is 9.36 Å². The average molecular weight is 324 g/mol. The van der Waals surface area contributed by atoms with E-state index in [2.05, 4.69) is 11.6 Å². The van der Waals surface area contributed by atoms with Crippen molar-refractivity contribution in [3.8, 4) is 11.4 Å². The summed E-state index contributed by atoms with van der Waals surface area (Å²) < 4.78 is 6.86. The zero-order chi connectivity index (χ0) is 16.2. The Bertz CT molecular complexity index is 904. The minimum atomic E-state index is -0.105. The van der Waals surface area contributed by atoms with Crippen LogP contribution in [0.3, 0.4) is 0 Å². The fraction of sp³-hybridized carbons (Fsp3) is 0.111. The first-order valence-electron chi connectivity index (χ1n) is 7.14. The third kappa shape index (κ3) is 3.00. The van der Waals surface area contributed by atoms with Crippen LogP contribution in [0.25, 0.3) is 16.6 Å². The molecule has 0 atom stereocenters. The molecule has 23 heavy (non-hydrogen) atoms. The van der Waals surface area contributed by atoms with Crippen LogP contribution < -0.4 is 10.3 Å². The van der Waals surface area contributed by atoms with Crippen molar-refractivity contribution in [3.05, 3.63) is 71.5 Å². The summed E-state index contributed by atoms with van der Waals surface area (Å²) in [5, 5.41) is 1.19. The van der Waals surface area contributed by atoms with Gasteiger partial charge < -0.3 is 4.74 Å². The van der Waals surface area contributed by atoms with Crippen LogP contribution >= 0.6 is 11.8 Å². The Morgan fingerprint density at radius 2 is 2.04 bits per heavy atom. The molecule has 3 rings (SSSR count). The SMILES string of the molecule is C=CCSc1nc2ccc(OC)cc2c(=O)n1-c1ccccc1. The first-order chi connectivity index (χ1) is 11.2. The summed E-state index contributed by atoms with van der Waals surface area (Å²) >= 11 is 1.48. The second kappa shape index (κ2) is 6.71. The molecule has 0 saturated carbocycles. The number of methoxy groups -OCH3 is 1. The number of nitrogens with zero attached hydrogens (tertiary/aromatic N) is 2. The Hall–Kier alpha value is -2.53. The predicted molar refractivity (Wildman–Crippen MR) is 94.8 cm³/mol. The molecule has 1 aromatic heterocycles. The third-order valence-electron chi connectivity index (χ3n) is 3.39. The summed E-state index contributed by atoms with van der Waals surface area (Å²) in [5.74, 6) is 1.32. The molecule has 0 amide bonds. The Morgan fingerprint density at radius 3 is 2.74 bits per heavy atom. The Kier molecular flexibility index (Phi) is 4.48. The quantitative estimate of drug-likeness (QED) is 0.408. The highest BCUT2D eigenvalue weighted by atomic mass is 32.2. The van der Waals surface area contributed by atoms with Crippen LogP contribution in [-0.4, -0.2) is 22.4 Å². The van der Waals surface area contributed by atoms with E-state index < -0.39 is 0 Å². The molecule has 0 aliphatic rings. The topological polar surface area (TPSA) is 44.1 Å². The number of ether oxygens (including phenoxy) is 1. The largest absolute Gasteiger partial charge is 0.497 e. The van der Waals surface area contributed by atoms with E-state index in [4.69, 9.17) is 4.74 Å². The molecule has 0 aliphatic heterocycles. The van der Waals surface area contributed by atoms with Gasteiger partial charge in [-0.25, -0.2) is 4.98 Å². The Labute approximate surface area is 138 Å². The van der Waals surface area contributed by atoms with Crippen molar-refractivity contribution in [1.82, 2.24) is 9.55 Å². The molecule has 3 aromatic rings. The molecule has 1 heterocycles. The maximum Gasteiger partial charge on any atom is 0.266 e. The van der Waals surface area contributed by atoms with Gasteiger partial charge in [0.15, 0.2) is 5.16 Å².